The van der Waals surface area contributed by atoms with Gasteiger partial charge in [-0.15, -0.1) is 11.3 Å². The van der Waals surface area contributed by atoms with Gasteiger partial charge in [0, 0.05) is 30.2 Å². The highest BCUT2D eigenvalue weighted by Crippen LogP contribution is 2.33. The second kappa shape index (κ2) is 7.63. The molecule has 28 heavy (non-hydrogen) atoms. The van der Waals surface area contributed by atoms with Gasteiger partial charge in [0.1, 0.15) is 5.82 Å². The first-order valence-corrected chi connectivity index (χ1v) is 9.17. The fourth-order valence-electron chi connectivity index (χ4n) is 2.59. The highest BCUT2D eigenvalue weighted by Gasteiger charge is 2.30. The summed E-state index contributed by atoms with van der Waals surface area (Å²) in [6.07, 6.45) is -1.01. The molecule has 1 aromatic carbocycles. The minimum Gasteiger partial charge on any atom is -0.383 e. The van der Waals surface area contributed by atoms with Crippen LogP contribution in [0.4, 0.5) is 29.8 Å². The van der Waals surface area contributed by atoms with Crippen LogP contribution in [0.1, 0.15) is 40.1 Å². The monoisotopic (exact) mass is 409 g/mol. The number of rotatable bonds is 6. The molecule has 1 atom stereocenters. The molecule has 3 rings (SSSR count). The lowest BCUT2D eigenvalue weighted by molar-refractivity contribution is -0.137. The predicted octanol–water partition coefficient (Wildman–Crippen LogP) is 4.60. The Labute approximate surface area is 163 Å². The van der Waals surface area contributed by atoms with Gasteiger partial charge < -0.3 is 11.1 Å². The lowest BCUT2D eigenvalue weighted by Gasteiger charge is -2.08. The van der Waals surface area contributed by atoms with Crippen molar-refractivity contribution in [2.45, 2.75) is 25.4 Å². The molecule has 2 aromatic heterocycles. The van der Waals surface area contributed by atoms with Crippen LogP contribution in [0.15, 0.2) is 36.7 Å². The van der Waals surface area contributed by atoms with Crippen molar-refractivity contribution in [1.82, 2.24) is 14.8 Å². The van der Waals surface area contributed by atoms with E-state index in [1.807, 2.05) is 6.92 Å². The van der Waals surface area contributed by atoms with Gasteiger partial charge in [-0.2, -0.15) is 18.3 Å². The number of nitrogens with two attached hydrogens (primary N) is 1. The van der Waals surface area contributed by atoms with Crippen molar-refractivity contribution in [2.75, 3.05) is 11.1 Å². The van der Waals surface area contributed by atoms with Crippen LogP contribution in [-0.2, 0) is 13.2 Å². The van der Waals surface area contributed by atoms with Crippen LogP contribution in [0.25, 0.3) is 0 Å². The normalized spacial score (nSPS) is 12.8. The van der Waals surface area contributed by atoms with Gasteiger partial charge >= 0.3 is 6.18 Å². The number of carbonyl (C=O) groups is 1. The molecule has 0 aliphatic heterocycles. The topological polar surface area (TPSA) is 85.8 Å². The molecule has 148 valence electrons. The number of nitrogen functional groups attached to an aromatic ring is 1. The van der Waals surface area contributed by atoms with Crippen LogP contribution in [0.3, 0.4) is 0 Å². The van der Waals surface area contributed by atoms with Crippen LogP contribution >= 0.6 is 11.3 Å². The maximum absolute atomic E-state index is 12.6. The fourth-order valence-corrected chi connectivity index (χ4v) is 3.48. The number of nitrogens with one attached hydrogen (secondary N) is 1. The van der Waals surface area contributed by atoms with Gasteiger partial charge in [0.2, 0.25) is 0 Å². The summed E-state index contributed by atoms with van der Waals surface area (Å²) < 4.78 is 39.3. The van der Waals surface area contributed by atoms with Gasteiger partial charge in [-0.3, -0.25) is 9.48 Å². The lowest BCUT2D eigenvalue weighted by Crippen LogP contribution is -2.07. The first kappa shape index (κ1) is 19.9. The average Bonchev–Trinajstić information content (AvgIpc) is 3.22. The van der Waals surface area contributed by atoms with Crippen LogP contribution in [0.2, 0.25) is 0 Å². The second-order valence-electron chi connectivity index (χ2n) is 6.36. The van der Waals surface area contributed by atoms with Crippen LogP contribution < -0.4 is 11.1 Å². The smallest absolute Gasteiger partial charge is 0.383 e. The number of alkyl halides is 3. The Morgan fingerprint density at radius 2 is 1.96 bits per heavy atom. The van der Waals surface area contributed by atoms with E-state index in [2.05, 4.69) is 15.4 Å². The maximum atomic E-state index is 12.6. The Hall–Kier alpha value is -2.88. The Morgan fingerprint density at radius 3 is 2.54 bits per heavy atom. The first-order chi connectivity index (χ1) is 13.1. The number of aryl methyl sites for hydroxylation is 1. The third kappa shape index (κ3) is 4.33. The Morgan fingerprint density at radius 1 is 1.29 bits per heavy atom. The molecule has 2 heterocycles. The van der Waals surface area contributed by atoms with E-state index in [0.29, 0.717) is 22.2 Å². The summed E-state index contributed by atoms with van der Waals surface area (Å²) in [5.74, 6) is 0.127. The van der Waals surface area contributed by atoms with Gasteiger partial charge in [-0.25, -0.2) is 4.98 Å². The number of aromatic nitrogens is 3. The SMILES string of the molecule is CC(CC(=O)c1cnn(C)c1N)c1cnc(Nc2ccc(C(F)(F)F)cc2)s1. The molecule has 0 spiro atoms. The highest BCUT2D eigenvalue weighted by atomic mass is 32.1. The summed E-state index contributed by atoms with van der Waals surface area (Å²) in [5, 5.41) is 7.48. The molecule has 0 aliphatic rings. The molecular weight excluding hydrogens is 391 g/mol. The number of benzene rings is 1. The summed E-state index contributed by atoms with van der Waals surface area (Å²) in [6, 6.07) is 4.72. The molecule has 0 radical (unpaired) electrons. The number of halogens is 3. The Balaban J connectivity index is 1.64. The molecule has 0 amide bonds. The quantitative estimate of drug-likeness (QED) is 0.581. The standard InChI is InChI=1S/C18H18F3N5OS/c1-10(7-14(27)13-8-24-26(2)16(13)22)15-9-23-17(28-15)25-12-5-3-11(4-6-12)18(19,20)21/h3-6,8-10H,7,22H2,1-2H3,(H,23,25). The molecule has 0 bridgehead atoms. The van der Waals surface area contributed by atoms with Gasteiger partial charge in [-0.05, 0) is 30.2 Å². The molecule has 0 aliphatic carbocycles. The highest BCUT2D eigenvalue weighted by molar-refractivity contribution is 7.15. The van der Waals surface area contributed by atoms with Crippen LogP contribution in [0, 0.1) is 0 Å². The van der Waals surface area contributed by atoms with Gasteiger partial charge in [0.05, 0.1) is 17.3 Å². The molecule has 1 unspecified atom stereocenters. The van der Waals surface area contributed by atoms with Crippen molar-refractivity contribution in [3.63, 3.8) is 0 Å². The minimum atomic E-state index is -4.37. The number of hydrogen-bond donors (Lipinski definition) is 2. The van der Waals surface area contributed by atoms with Crippen molar-refractivity contribution in [3.05, 3.63) is 52.7 Å². The van der Waals surface area contributed by atoms with E-state index in [-0.39, 0.29) is 18.1 Å². The van der Waals surface area contributed by atoms with E-state index in [1.54, 1.807) is 13.2 Å². The molecule has 10 heteroatoms. The summed E-state index contributed by atoms with van der Waals surface area (Å²) >= 11 is 1.34. The van der Waals surface area contributed by atoms with E-state index in [9.17, 15) is 18.0 Å². The third-order valence-electron chi connectivity index (χ3n) is 4.25. The van der Waals surface area contributed by atoms with Crippen LogP contribution in [-0.4, -0.2) is 20.5 Å². The number of anilines is 3. The van der Waals surface area contributed by atoms with Crippen molar-refractivity contribution in [1.29, 1.82) is 0 Å². The molecule has 0 fully saturated rings. The number of carbonyl (C=O) groups excluding carboxylic acids is 1. The number of ketones is 1. The molecule has 0 saturated heterocycles. The predicted molar refractivity (Wildman–Crippen MR) is 102 cm³/mol. The molecule has 6 nitrogen and oxygen atoms in total. The Kier molecular flexibility index (Phi) is 5.41. The van der Waals surface area contributed by atoms with Crippen molar-refractivity contribution in [2.24, 2.45) is 7.05 Å². The number of hydrogen-bond acceptors (Lipinski definition) is 6. The number of Topliss-reactive ketones (excluding diaryl/α,β-unsaturated/α-hetero) is 1. The summed E-state index contributed by atoms with van der Waals surface area (Å²) in [4.78, 5) is 17.5. The van der Waals surface area contributed by atoms with Crippen LogP contribution in [0.5, 0.6) is 0 Å². The molecule has 0 saturated carbocycles. The molecule has 3 N–H and O–H groups in total. The zero-order chi connectivity index (χ0) is 20.5. The van der Waals surface area contributed by atoms with Gasteiger partial charge in [0.25, 0.3) is 0 Å². The zero-order valence-electron chi connectivity index (χ0n) is 15.1. The third-order valence-corrected chi connectivity index (χ3v) is 5.39. The summed E-state index contributed by atoms with van der Waals surface area (Å²) in [5.41, 5.74) is 6.02. The Bertz CT molecular complexity index is 978. The number of nitrogens with zero attached hydrogens (tertiary/aromatic N) is 3. The zero-order valence-corrected chi connectivity index (χ0v) is 15.9. The van der Waals surface area contributed by atoms with E-state index in [1.165, 1.54) is 34.3 Å². The van der Waals surface area contributed by atoms with E-state index in [0.717, 1.165) is 17.0 Å². The van der Waals surface area contributed by atoms with Gasteiger partial charge in [0.15, 0.2) is 10.9 Å². The number of thiazole rings is 1. The first-order valence-electron chi connectivity index (χ1n) is 8.36. The van der Waals surface area contributed by atoms with E-state index < -0.39 is 11.7 Å². The van der Waals surface area contributed by atoms with Crippen molar-refractivity contribution < 1.29 is 18.0 Å². The minimum absolute atomic E-state index is 0.0900. The van der Waals surface area contributed by atoms with E-state index >= 15 is 0 Å². The van der Waals surface area contributed by atoms with Crippen molar-refractivity contribution >= 4 is 33.8 Å². The maximum Gasteiger partial charge on any atom is 0.416 e. The fraction of sp³-hybridized carbons (Fsp3) is 0.278. The van der Waals surface area contributed by atoms with Gasteiger partial charge in [-0.1, -0.05) is 6.92 Å². The van der Waals surface area contributed by atoms with E-state index in [4.69, 9.17) is 5.73 Å². The lowest BCUT2D eigenvalue weighted by atomic mass is 10.0. The average molecular weight is 409 g/mol. The summed E-state index contributed by atoms with van der Waals surface area (Å²) in [7, 11) is 1.66. The molecule has 3 aromatic rings. The molecular formula is C18H18F3N5OS. The summed E-state index contributed by atoms with van der Waals surface area (Å²) in [6.45, 7) is 1.90. The second-order valence-corrected chi connectivity index (χ2v) is 7.43. The van der Waals surface area contributed by atoms with Crippen molar-refractivity contribution in [3.8, 4) is 0 Å². The largest absolute Gasteiger partial charge is 0.416 e.